The zero-order valence-electron chi connectivity index (χ0n) is 16.3. The number of nitrogens with one attached hydrogen (secondary N) is 2. The van der Waals surface area contributed by atoms with Gasteiger partial charge < -0.3 is 5.32 Å². The number of likely N-dealkylation sites (tertiary alicyclic amines) is 1. The molecule has 0 aliphatic carbocycles. The van der Waals surface area contributed by atoms with E-state index in [1.54, 1.807) is 6.20 Å². The maximum Gasteiger partial charge on any atom is 0.324 e. The molecule has 3 rings (SSSR count). The van der Waals surface area contributed by atoms with Crippen LogP contribution in [-0.4, -0.2) is 51.9 Å². The summed E-state index contributed by atoms with van der Waals surface area (Å²) in [6.07, 6.45) is 6.02. The lowest BCUT2D eigenvalue weighted by atomic mass is 10.0. The molecule has 0 saturated carbocycles. The number of rotatable bonds is 6. The third-order valence-electron chi connectivity index (χ3n) is 5.18. The van der Waals surface area contributed by atoms with E-state index < -0.39 is 0 Å². The molecule has 0 unspecified atom stereocenters. The van der Waals surface area contributed by atoms with Gasteiger partial charge in [0.2, 0.25) is 0 Å². The fourth-order valence-electron chi connectivity index (χ4n) is 3.61. The van der Waals surface area contributed by atoms with Crippen molar-refractivity contribution in [2.24, 2.45) is 0 Å². The third kappa shape index (κ3) is 5.05. The van der Waals surface area contributed by atoms with Gasteiger partial charge >= 0.3 is 6.03 Å². The number of hydrogen-bond donors (Lipinski definition) is 2. The number of anilines is 2. The van der Waals surface area contributed by atoms with E-state index >= 15 is 0 Å². The molecule has 0 spiro atoms. The van der Waals surface area contributed by atoms with Crippen LogP contribution in [0.15, 0.2) is 36.5 Å². The number of urea groups is 1. The number of carbonyl (C=O) groups is 1. The van der Waals surface area contributed by atoms with Gasteiger partial charge in [0.15, 0.2) is 0 Å². The Morgan fingerprint density at radius 3 is 2.70 bits per heavy atom. The minimum atomic E-state index is -0.239. The van der Waals surface area contributed by atoms with Crippen LogP contribution in [0.5, 0.6) is 0 Å². The summed E-state index contributed by atoms with van der Waals surface area (Å²) < 4.78 is 1.97. The molecule has 1 aromatic heterocycles. The first kappa shape index (κ1) is 19.8. The molecule has 1 aliphatic rings. The molecule has 1 aliphatic heterocycles. The van der Waals surface area contributed by atoms with Gasteiger partial charge in [0.1, 0.15) is 5.82 Å². The van der Waals surface area contributed by atoms with Crippen LogP contribution in [0.1, 0.15) is 31.4 Å². The van der Waals surface area contributed by atoms with Crippen molar-refractivity contribution in [3.63, 3.8) is 0 Å². The minimum absolute atomic E-state index is 0.239. The average molecular weight is 388 g/mol. The van der Waals surface area contributed by atoms with Crippen molar-refractivity contribution >= 4 is 29.3 Å². The predicted octanol–water partition coefficient (Wildman–Crippen LogP) is 4.22. The first-order chi connectivity index (χ1) is 13.1. The highest BCUT2D eigenvalue weighted by Gasteiger charge is 2.25. The highest BCUT2D eigenvalue weighted by Crippen LogP contribution is 2.27. The van der Waals surface area contributed by atoms with Crippen molar-refractivity contribution in [2.75, 3.05) is 35.7 Å². The summed E-state index contributed by atoms with van der Waals surface area (Å²) >= 11 is 1.90. The molecule has 0 radical (unpaired) electrons. The zero-order chi connectivity index (χ0) is 19.2. The van der Waals surface area contributed by atoms with Crippen LogP contribution in [0.3, 0.4) is 0 Å². The number of aryl methyl sites for hydroxylation is 1. The van der Waals surface area contributed by atoms with Gasteiger partial charge in [0.05, 0.1) is 12.2 Å². The van der Waals surface area contributed by atoms with Crippen LogP contribution < -0.4 is 10.6 Å². The van der Waals surface area contributed by atoms with Gasteiger partial charge in [-0.2, -0.15) is 16.9 Å². The second kappa shape index (κ2) is 9.28. The lowest BCUT2D eigenvalue weighted by molar-refractivity contribution is 0.150. The van der Waals surface area contributed by atoms with Crippen LogP contribution >= 0.6 is 11.8 Å². The van der Waals surface area contributed by atoms with Crippen LogP contribution in [0.2, 0.25) is 0 Å². The van der Waals surface area contributed by atoms with Gasteiger partial charge in [-0.25, -0.2) is 9.48 Å². The normalized spacial score (nSPS) is 16.9. The quantitative estimate of drug-likeness (QED) is 0.779. The summed E-state index contributed by atoms with van der Waals surface area (Å²) in [7, 11) is 0. The van der Waals surface area contributed by atoms with E-state index in [9.17, 15) is 4.79 Å². The molecular formula is C20H29N5OS. The molecule has 1 aromatic carbocycles. The van der Waals surface area contributed by atoms with E-state index in [1.807, 2.05) is 53.7 Å². The zero-order valence-corrected chi connectivity index (χ0v) is 17.1. The van der Waals surface area contributed by atoms with Crippen molar-refractivity contribution in [2.45, 2.75) is 38.8 Å². The van der Waals surface area contributed by atoms with Gasteiger partial charge in [-0.15, -0.1) is 0 Å². The lowest BCUT2D eigenvalue weighted by Crippen LogP contribution is -2.41. The third-order valence-corrected chi connectivity index (χ3v) is 6.00. The molecule has 2 N–H and O–H groups in total. The van der Waals surface area contributed by atoms with Crippen LogP contribution in [-0.2, 0) is 0 Å². The molecule has 146 valence electrons. The maximum atomic E-state index is 12.4. The Labute approximate surface area is 165 Å². The first-order valence-corrected chi connectivity index (χ1v) is 10.9. The number of para-hydroxylation sites is 1. The second-order valence-corrected chi connectivity index (χ2v) is 8.04. The van der Waals surface area contributed by atoms with E-state index in [1.165, 1.54) is 0 Å². The molecule has 6 nitrogen and oxygen atoms in total. The molecule has 1 atom stereocenters. The Morgan fingerprint density at radius 1 is 1.26 bits per heavy atom. The maximum absolute atomic E-state index is 12.4. The Balaban J connectivity index is 1.58. The number of nitrogens with zero attached hydrogens (tertiary/aromatic N) is 3. The monoisotopic (exact) mass is 387 g/mol. The summed E-state index contributed by atoms with van der Waals surface area (Å²) in [6, 6.07) is 10.3. The van der Waals surface area contributed by atoms with E-state index in [0.29, 0.717) is 12.1 Å². The molecule has 0 bridgehead atoms. The molecule has 7 heteroatoms. The van der Waals surface area contributed by atoms with Crippen molar-refractivity contribution in [3.05, 3.63) is 42.1 Å². The van der Waals surface area contributed by atoms with E-state index in [-0.39, 0.29) is 6.03 Å². The molecule has 1 fully saturated rings. The summed E-state index contributed by atoms with van der Waals surface area (Å²) in [4.78, 5) is 15.0. The molecule has 1 saturated heterocycles. The predicted molar refractivity (Wildman–Crippen MR) is 114 cm³/mol. The molecule has 2 heterocycles. The number of amides is 2. The average Bonchev–Trinajstić information content (AvgIpc) is 3.12. The van der Waals surface area contributed by atoms with Gasteiger partial charge in [-0.1, -0.05) is 18.2 Å². The topological polar surface area (TPSA) is 62.2 Å². The Hall–Kier alpha value is -1.99. The van der Waals surface area contributed by atoms with Crippen molar-refractivity contribution < 1.29 is 4.79 Å². The SMILES string of the molecule is CSC[C@H](C)N1CCC(n2nccc2NC(=O)Nc2ccccc2C)CC1. The number of benzene rings is 1. The molecule has 2 aromatic rings. The molecule has 2 amide bonds. The highest BCUT2D eigenvalue weighted by atomic mass is 32.2. The first-order valence-electron chi connectivity index (χ1n) is 9.48. The molecule has 27 heavy (non-hydrogen) atoms. The number of carbonyl (C=O) groups excluding carboxylic acids is 1. The summed E-state index contributed by atoms with van der Waals surface area (Å²) in [5.74, 6) is 1.91. The minimum Gasteiger partial charge on any atom is -0.307 e. The van der Waals surface area contributed by atoms with Crippen molar-refractivity contribution in [1.82, 2.24) is 14.7 Å². The number of thioether (sulfide) groups is 1. The van der Waals surface area contributed by atoms with Gasteiger partial charge in [-0.05, 0) is 44.6 Å². The van der Waals surface area contributed by atoms with Crippen LogP contribution in [0.25, 0.3) is 0 Å². The van der Waals surface area contributed by atoms with E-state index in [2.05, 4.69) is 33.8 Å². The molecular weight excluding hydrogens is 358 g/mol. The lowest BCUT2D eigenvalue weighted by Gasteiger charge is -2.36. The largest absolute Gasteiger partial charge is 0.324 e. The fraction of sp³-hybridized carbons (Fsp3) is 0.500. The number of aromatic nitrogens is 2. The Kier molecular flexibility index (Phi) is 6.79. The standard InChI is InChI=1S/C20H29N5OS/c1-15-6-4-5-7-18(15)22-20(26)23-19-8-11-21-25(19)17-9-12-24(13-10-17)16(2)14-27-3/h4-8,11,16-17H,9-10,12-14H2,1-3H3,(H2,22,23,26)/t16-/m0/s1. The Bertz CT molecular complexity index is 754. The van der Waals surface area contributed by atoms with Gasteiger partial charge in [-0.3, -0.25) is 10.2 Å². The second-order valence-electron chi connectivity index (χ2n) is 7.13. The van der Waals surface area contributed by atoms with Gasteiger partial charge in [0, 0.05) is 36.6 Å². The van der Waals surface area contributed by atoms with Crippen LogP contribution in [0, 0.1) is 6.92 Å². The highest BCUT2D eigenvalue weighted by molar-refractivity contribution is 7.98. The smallest absolute Gasteiger partial charge is 0.307 e. The van der Waals surface area contributed by atoms with Crippen molar-refractivity contribution in [3.8, 4) is 0 Å². The fourth-order valence-corrected chi connectivity index (χ4v) is 4.30. The van der Waals surface area contributed by atoms with Gasteiger partial charge in [0.25, 0.3) is 0 Å². The number of piperidine rings is 1. The van der Waals surface area contributed by atoms with E-state index in [0.717, 1.165) is 48.8 Å². The summed E-state index contributed by atoms with van der Waals surface area (Å²) in [5.41, 5.74) is 1.85. The number of hydrogen-bond acceptors (Lipinski definition) is 4. The van der Waals surface area contributed by atoms with Crippen LogP contribution in [0.4, 0.5) is 16.3 Å². The Morgan fingerprint density at radius 2 is 2.00 bits per heavy atom. The summed E-state index contributed by atoms with van der Waals surface area (Å²) in [5, 5.41) is 10.3. The summed E-state index contributed by atoms with van der Waals surface area (Å²) in [6.45, 7) is 6.42. The van der Waals surface area contributed by atoms with Crippen molar-refractivity contribution in [1.29, 1.82) is 0 Å². The van der Waals surface area contributed by atoms with E-state index in [4.69, 9.17) is 0 Å².